The Labute approximate surface area is 292 Å². The Morgan fingerprint density at radius 1 is 0.596 bits per heavy atom. The van der Waals surface area contributed by atoms with E-state index in [0.29, 0.717) is 34.0 Å². The van der Waals surface area contributed by atoms with Crippen molar-refractivity contribution >= 4 is 70.8 Å². The normalized spacial score (nSPS) is 11.9. The third-order valence-electron chi connectivity index (χ3n) is 5.46. The molecular weight excluding hydrogens is 684 g/mol. The first-order valence-electron chi connectivity index (χ1n) is 13.1. The van der Waals surface area contributed by atoms with E-state index in [2.05, 4.69) is 66.1 Å². The second kappa shape index (κ2) is 19.8. The second-order valence-corrected chi connectivity index (χ2v) is 9.50. The molecule has 0 amide bonds. The fraction of sp³-hybridized carbons (Fsp3) is 0.0667. The Morgan fingerprint density at radius 3 is 1.26 bits per heavy atom. The molecule has 4 rings (SSSR count). The van der Waals surface area contributed by atoms with Crippen LogP contribution >= 0.6 is 0 Å². The molecular formula is C30H30FeN10O4S2+3. The van der Waals surface area contributed by atoms with Crippen molar-refractivity contribution in [1.82, 2.24) is 0 Å². The van der Waals surface area contributed by atoms with E-state index in [1.165, 1.54) is 26.6 Å². The van der Waals surface area contributed by atoms with Gasteiger partial charge in [0.05, 0.1) is 60.5 Å². The van der Waals surface area contributed by atoms with Crippen molar-refractivity contribution in [2.24, 2.45) is 52.3 Å². The summed E-state index contributed by atoms with van der Waals surface area (Å²) in [5, 5.41) is 47.0. The van der Waals surface area contributed by atoms with E-state index in [4.69, 9.17) is 31.2 Å². The minimum atomic E-state index is -0.0836. The summed E-state index contributed by atoms with van der Waals surface area (Å²) in [6.45, 7) is 0. The molecule has 0 aromatic heterocycles. The van der Waals surface area contributed by atoms with Crippen molar-refractivity contribution in [2.45, 2.75) is 0 Å². The van der Waals surface area contributed by atoms with Gasteiger partial charge in [0.1, 0.15) is 0 Å². The van der Waals surface area contributed by atoms with Crippen molar-refractivity contribution in [3.63, 3.8) is 0 Å². The first kappa shape index (κ1) is 37.7. The number of rotatable bonds is 10. The molecule has 241 valence electrons. The molecule has 14 nitrogen and oxygen atoms in total. The van der Waals surface area contributed by atoms with Crippen molar-refractivity contribution in [3.05, 3.63) is 96.1 Å². The maximum absolute atomic E-state index is 8.03. The molecule has 0 heterocycles. The predicted molar refractivity (Wildman–Crippen MR) is 187 cm³/mol. The molecule has 4 aromatic rings. The molecule has 8 N–H and O–H groups in total. The van der Waals surface area contributed by atoms with Crippen LogP contribution in [0.1, 0.15) is 11.1 Å². The molecule has 0 bridgehead atoms. The van der Waals surface area contributed by atoms with E-state index in [1.807, 2.05) is 60.7 Å². The number of nitrogens with two attached hydrogens (primary N) is 2. The van der Waals surface area contributed by atoms with Crippen LogP contribution in [-0.2, 0) is 42.3 Å². The number of nitrogens with zero attached hydrogens (tertiary/aromatic N) is 8. The average molecular weight is 715 g/mol. The van der Waals surface area contributed by atoms with Gasteiger partial charge in [-0.3, -0.25) is 0 Å². The summed E-state index contributed by atoms with van der Waals surface area (Å²) < 4.78 is 10.3. The molecule has 0 aliphatic rings. The largest absolute Gasteiger partial charge is 3.00 e. The molecule has 0 aliphatic carbocycles. The molecule has 17 heteroatoms. The van der Waals surface area contributed by atoms with E-state index in [0.717, 1.165) is 11.4 Å². The van der Waals surface area contributed by atoms with Crippen molar-refractivity contribution in [3.8, 4) is 23.0 Å². The average Bonchev–Trinajstić information content (AvgIpc) is 3.06. The number of methoxy groups -OCH3 is 2. The van der Waals surface area contributed by atoms with Crippen LogP contribution in [0.3, 0.4) is 0 Å². The number of azo groups is 2. The predicted octanol–water partition coefficient (Wildman–Crippen LogP) is 5.49. The molecule has 0 saturated heterocycles. The Bertz CT molecular complexity index is 1650. The summed E-state index contributed by atoms with van der Waals surface area (Å²) in [5.41, 5.74) is 13.9. The smallest absolute Gasteiger partial charge is 0.741 e. The van der Waals surface area contributed by atoms with Gasteiger partial charge in [-0.15, -0.1) is 0 Å². The molecule has 4 aromatic carbocycles. The Hall–Kier alpha value is -5.48. The van der Waals surface area contributed by atoms with Crippen LogP contribution in [0.5, 0.6) is 23.0 Å². The van der Waals surface area contributed by atoms with E-state index in [9.17, 15) is 0 Å². The molecule has 0 spiro atoms. The van der Waals surface area contributed by atoms with E-state index in [-0.39, 0.29) is 38.9 Å². The van der Waals surface area contributed by atoms with E-state index >= 15 is 0 Å². The van der Waals surface area contributed by atoms with Crippen molar-refractivity contribution in [1.29, 1.82) is 0 Å². The zero-order chi connectivity index (χ0) is 33.3. The number of hydrogen-bond acceptors (Lipinski definition) is 12. The van der Waals surface area contributed by atoms with Crippen LogP contribution in [-0.4, -0.2) is 47.2 Å². The van der Waals surface area contributed by atoms with Crippen LogP contribution in [0.4, 0.5) is 22.7 Å². The number of hydrogen-bond donors (Lipinski definition) is 2. The zero-order valence-corrected chi connectivity index (χ0v) is 27.7. The summed E-state index contributed by atoms with van der Waals surface area (Å²) in [6.07, 6.45) is 2.73. The van der Waals surface area contributed by atoms with Crippen LogP contribution in [0.2, 0.25) is 0 Å². The fourth-order valence-corrected chi connectivity index (χ4v) is 3.50. The number of amidine groups is 2. The molecule has 0 atom stereocenters. The first-order valence-corrected chi connectivity index (χ1v) is 13.9. The summed E-state index contributed by atoms with van der Waals surface area (Å²) in [4.78, 5) is 0. The van der Waals surface area contributed by atoms with E-state index in [1.54, 1.807) is 24.3 Å². The van der Waals surface area contributed by atoms with Gasteiger partial charge in [-0.1, -0.05) is 36.4 Å². The van der Waals surface area contributed by atoms with Crippen molar-refractivity contribution < 1.29 is 36.8 Å². The maximum Gasteiger partial charge on any atom is 3.00 e. The van der Waals surface area contributed by atoms with Gasteiger partial charge in [0, 0.05) is 12.1 Å². The fourth-order valence-electron chi connectivity index (χ4n) is 3.40. The Morgan fingerprint density at radius 2 is 0.936 bits per heavy atom. The second-order valence-electron chi connectivity index (χ2n) is 8.66. The van der Waals surface area contributed by atoms with Gasteiger partial charge in [0.25, 0.3) is 0 Å². The van der Waals surface area contributed by atoms with Gasteiger partial charge in [-0.2, -0.15) is 40.9 Å². The Kier molecular flexibility index (Phi) is 15.9. The quantitative estimate of drug-likeness (QED) is 0.0412. The van der Waals surface area contributed by atoms with Gasteiger partial charge < -0.3 is 56.4 Å². The molecule has 0 fully saturated rings. The first-order chi connectivity index (χ1) is 22.2. The number of benzene rings is 4. The standard InChI is InChI=1S/2C15H15N5O2S.Fe/c2*1-22-13-8-12(19-18-11-5-3-2-4-6-11)7-10(14(13)21)9-17-20-15(16)23;/h2*2-9,21H,1H3,(H3,16,20,23);/q;;+3. The Balaban J connectivity index is 0.000000320. The minimum absolute atomic E-state index is 0. The summed E-state index contributed by atoms with van der Waals surface area (Å²) in [5.74, 6) is 1.03. The van der Waals surface area contributed by atoms with Crippen LogP contribution < -0.4 is 20.9 Å². The van der Waals surface area contributed by atoms with Gasteiger partial charge in [0.2, 0.25) is 11.5 Å². The summed E-state index contributed by atoms with van der Waals surface area (Å²) in [7, 11) is 2.96. The van der Waals surface area contributed by atoms with Crippen LogP contribution in [0.25, 0.3) is 0 Å². The van der Waals surface area contributed by atoms with Crippen LogP contribution in [0, 0.1) is 0 Å². The minimum Gasteiger partial charge on any atom is -0.741 e. The SMILES string of the molecule is COc1cc(N=Nc2ccccc2)cc(C=NN=C(N)[S-])c1[OH2+].COc1cc(N=Nc2ccccc2)cc(C=NN=C(N)[S-])c1[OH2+].[Fe+3]. The summed E-state index contributed by atoms with van der Waals surface area (Å²) in [6, 6.07) is 25.2. The monoisotopic (exact) mass is 714 g/mol. The maximum atomic E-state index is 8.03. The third-order valence-corrected chi connectivity index (χ3v) is 5.62. The molecule has 1 radical (unpaired) electrons. The molecule has 0 unspecified atom stereocenters. The zero-order valence-electron chi connectivity index (χ0n) is 25.0. The molecule has 47 heavy (non-hydrogen) atoms. The third kappa shape index (κ3) is 12.8. The van der Waals surface area contributed by atoms with Crippen LogP contribution in [0.15, 0.2) is 126 Å². The van der Waals surface area contributed by atoms with Gasteiger partial charge in [0.15, 0.2) is 0 Å². The number of ether oxygens (including phenoxy) is 2. The van der Waals surface area contributed by atoms with E-state index < -0.39 is 0 Å². The molecule has 0 aliphatic heterocycles. The van der Waals surface area contributed by atoms with Crippen molar-refractivity contribution in [2.75, 3.05) is 14.2 Å². The molecule has 0 saturated carbocycles. The summed E-state index contributed by atoms with van der Waals surface area (Å²) >= 11 is 9.21. The van der Waals surface area contributed by atoms with Gasteiger partial charge in [-0.05, 0) is 46.7 Å². The topological polar surface area (TPSA) is 215 Å². The van der Waals surface area contributed by atoms with Gasteiger partial charge >= 0.3 is 28.6 Å². The van der Waals surface area contributed by atoms with Gasteiger partial charge in [-0.25, -0.2) is 0 Å².